The lowest BCUT2D eigenvalue weighted by Crippen LogP contribution is -2.31. The summed E-state index contributed by atoms with van der Waals surface area (Å²) in [5, 5.41) is 2.93. The van der Waals surface area contributed by atoms with Crippen LogP contribution >= 0.6 is 15.9 Å². The molecule has 22 heavy (non-hydrogen) atoms. The van der Waals surface area contributed by atoms with E-state index in [4.69, 9.17) is 5.73 Å². The van der Waals surface area contributed by atoms with Crippen molar-refractivity contribution < 1.29 is 4.39 Å². The topological polar surface area (TPSA) is 68.2 Å². The molecular weight excluding hydrogens is 349 g/mol. The summed E-state index contributed by atoms with van der Waals surface area (Å²) >= 11 is 3.37. The number of benzene rings is 2. The third-order valence-corrected chi connectivity index (χ3v) is 4.07. The van der Waals surface area contributed by atoms with Crippen molar-refractivity contribution in [2.75, 3.05) is 5.32 Å². The molecule has 3 N–H and O–H groups in total. The van der Waals surface area contributed by atoms with Crippen molar-refractivity contribution in [2.24, 2.45) is 10.7 Å². The van der Waals surface area contributed by atoms with Crippen molar-refractivity contribution in [2.45, 2.75) is 6.17 Å². The van der Waals surface area contributed by atoms with Gasteiger partial charge in [0.15, 0.2) is 12.1 Å². The van der Waals surface area contributed by atoms with Gasteiger partial charge in [-0.2, -0.15) is 0 Å². The van der Waals surface area contributed by atoms with Crippen LogP contribution in [0.5, 0.6) is 0 Å². The van der Waals surface area contributed by atoms with Gasteiger partial charge in [-0.15, -0.1) is 0 Å². The van der Waals surface area contributed by atoms with E-state index in [2.05, 4.69) is 31.2 Å². The molecular formula is C15H11BrFN5. The number of para-hydroxylation sites is 2. The van der Waals surface area contributed by atoms with E-state index in [9.17, 15) is 4.39 Å². The molecule has 5 nitrogen and oxygen atoms in total. The number of fused-ring (bicyclic) bond motifs is 3. The molecule has 0 radical (unpaired) electrons. The maximum atomic E-state index is 14.3. The quantitative estimate of drug-likeness (QED) is 0.700. The van der Waals surface area contributed by atoms with Crippen molar-refractivity contribution in [1.29, 1.82) is 0 Å². The number of anilines is 1. The number of imidazole rings is 1. The van der Waals surface area contributed by atoms with Crippen molar-refractivity contribution >= 4 is 38.9 Å². The number of aromatic nitrogens is 2. The Balaban J connectivity index is 2.00. The van der Waals surface area contributed by atoms with Crippen LogP contribution in [0.3, 0.4) is 0 Å². The van der Waals surface area contributed by atoms with E-state index in [0.29, 0.717) is 11.5 Å². The second-order valence-corrected chi connectivity index (χ2v) is 5.89. The third kappa shape index (κ3) is 1.97. The van der Waals surface area contributed by atoms with Crippen LogP contribution in [-0.4, -0.2) is 15.5 Å². The number of hydrogen-bond donors (Lipinski definition) is 2. The zero-order valence-electron chi connectivity index (χ0n) is 11.3. The summed E-state index contributed by atoms with van der Waals surface area (Å²) < 4.78 is 16.9. The Morgan fingerprint density at radius 2 is 2.05 bits per heavy atom. The van der Waals surface area contributed by atoms with Gasteiger partial charge in [-0.05, 0) is 30.3 Å². The Hall–Kier alpha value is -2.41. The number of aliphatic imine (C=N–C) groups is 1. The van der Waals surface area contributed by atoms with Crippen LogP contribution in [0.4, 0.5) is 10.3 Å². The Bertz CT molecular complexity index is 917. The van der Waals surface area contributed by atoms with E-state index < -0.39 is 6.17 Å². The first kappa shape index (κ1) is 13.3. The molecule has 1 aromatic heterocycles. The summed E-state index contributed by atoms with van der Waals surface area (Å²) in [4.78, 5) is 8.85. The number of rotatable bonds is 1. The van der Waals surface area contributed by atoms with Crippen LogP contribution in [0, 0.1) is 5.82 Å². The Morgan fingerprint density at radius 1 is 1.23 bits per heavy atom. The highest BCUT2D eigenvalue weighted by molar-refractivity contribution is 9.10. The van der Waals surface area contributed by atoms with Gasteiger partial charge in [-0.25, -0.2) is 14.4 Å². The fourth-order valence-corrected chi connectivity index (χ4v) is 3.02. The number of guanidine groups is 1. The molecule has 0 fully saturated rings. The minimum absolute atomic E-state index is 0.215. The SMILES string of the molecule is NC1=N[C@@H](c2cc(Br)ccc2F)n2c(nc3ccccc32)N1. The molecule has 7 heteroatoms. The maximum Gasteiger partial charge on any atom is 0.212 e. The molecule has 0 unspecified atom stereocenters. The predicted octanol–water partition coefficient (Wildman–Crippen LogP) is 3.23. The monoisotopic (exact) mass is 359 g/mol. The van der Waals surface area contributed by atoms with Crippen molar-refractivity contribution in [1.82, 2.24) is 9.55 Å². The van der Waals surface area contributed by atoms with E-state index in [0.717, 1.165) is 15.5 Å². The zero-order chi connectivity index (χ0) is 15.3. The molecule has 3 aromatic rings. The predicted molar refractivity (Wildman–Crippen MR) is 87.2 cm³/mol. The highest BCUT2D eigenvalue weighted by Crippen LogP contribution is 2.34. The molecule has 0 amide bonds. The first-order valence-electron chi connectivity index (χ1n) is 6.66. The molecule has 2 aromatic carbocycles. The lowest BCUT2D eigenvalue weighted by Gasteiger charge is -2.24. The average molecular weight is 360 g/mol. The summed E-state index contributed by atoms with van der Waals surface area (Å²) in [7, 11) is 0. The molecule has 1 aliphatic rings. The van der Waals surface area contributed by atoms with E-state index >= 15 is 0 Å². The van der Waals surface area contributed by atoms with Crippen molar-refractivity contribution in [3.05, 3.63) is 58.3 Å². The van der Waals surface area contributed by atoms with Crippen molar-refractivity contribution in [3.63, 3.8) is 0 Å². The van der Waals surface area contributed by atoms with Gasteiger partial charge in [-0.1, -0.05) is 28.1 Å². The van der Waals surface area contributed by atoms with Crippen LogP contribution in [0.15, 0.2) is 51.9 Å². The first-order chi connectivity index (χ1) is 10.6. The summed E-state index contributed by atoms with van der Waals surface area (Å²) in [6, 6.07) is 12.4. The molecule has 0 saturated carbocycles. The summed E-state index contributed by atoms with van der Waals surface area (Å²) in [5.74, 6) is 0.431. The van der Waals surface area contributed by atoms with Gasteiger partial charge in [0.2, 0.25) is 5.95 Å². The van der Waals surface area contributed by atoms with Gasteiger partial charge in [0, 0.05) is 10.0 Å². The average Bonchev–Trinajstić information content (AvgIpc) is 2.87. The van der Waals surface area contributed by atoms with Crippen LogP contribution in [-0.2, 0) is 0 Å². The minimum Gasteiger partial charge on any atom is -0.370 e. The first-order valence-corrected chi connectivity index (χ1v) is 7.45. The van der Waals surface area contributed by atoms with E-state index in [1.165, 1.54) is 6.07 Å². The fraction of sp³-hybridized carbons (Fsp3) is 0.0667. The van der Waals surface area contributed by atoms with E-state index in [1.807, 2.05) is 28.8 Å². The summed E-state index contributed by atoms with van der Waals surface area (Å²) in [6.45, 7) is 0. The van der Waals surface area contributed by atoms with Crippen LogP contribution in [0.2, 0.25) is 0 Å². The maximum absolute atomic E-state index is 14.3. The molecule has 0 spiro atoms. The fourth-order valence-electron chi connectivity index (χ4n) is 2.64. The summed E-state index contributed by atoms with van der Waals surface area (Å²) in [6.07, 6.45) is -0.596. The van der Waals surface area contributed by atoms with Crippen LogP contribution in [0.25, 0.3) is 11.0 Å². The van der Waals surface area contributed by atoms with Gasteiger partial charge in [0.05, 0.1) is 11.0 Å². The molecule has 2 heterocycles. The highest BCUT2D eigenvalue weighted by Gasteiger charge is 2.27. The van der Waals surface area contributed by atoms with Gasteiger partial charge >= 0.3 is 0 Å². The Kier molecular flexibility index (Phi) is 2.90. The lowest BCUT2D eigenvalue weighted by atomic mass is 10.1. The normalized spacial score (nSPS) is 17.0. The zero-order valence-corrected chi connectivity index (χ0v) is 12.9. The van der Waals surface area contributed by atoms with Gasteiger partial charge in [0.1, 0.15) is 5.82 Å². The number of nitrogens with two attached hydrogens (primary N) is 1. The van der Waals surface area contributed by atoms with Gasteiger partial charge in [-0.3, -0.25) is 9.88 Å². The smallest absolute Gasteiger partial charge is 0.212 e. The molecule has 1 aliphatic heterocycles. The minimum atomic E-state index is -0.596. The standard InChI is InChI=1S/C15H11BrFN5/c16-8-5-6-10(17)9(7-8)13-20-14(18)21-15-19-11-3-1-2-4-12(11)22(13)15/h1-7,13H,(H3,18,19,20,21)/t13-/m1/s1. The highest BCUT2D eigenvalue weighted by atomic mass is 79.9. The van der Waals surface area contributed by atoms with Gasteiger partial charge in [0.25, 0.3) is 0 Å². The summed E-state index contributed by atoms with van der Waals surface area (Å²) in [5.41, 5.74) is 7.94. The Morgan fingerprint density at radius 3 is 2.91 bits per heavy atom. The largest absolute Gasteiger partial charge is 0.370 e. The number of nitrogens with one attached hydrogen (secondary N) is 1. The Labute approximate surface area is 133 Å². The van der Waals surface area contributed by atoms with Crippen LogP contribution < -0.4 is 11.1 Å². The third-order valence-electron chi connectivity index (χ3n) is 3.58. The molecule has 0 bridgehead atoms. The number of hydrogen-bond acceptors (Lipinski definition) is 4. The van der Waals surface area contributed by atoms with E-state index in [1.54, 1.807) is 12.1 Å². The molecule has 0 saturated heterocycles. The molecule has 0 aliphatic carbocycles. The molecule has 4 rings (SSSR count). The van der Waals surface area contributed by atoms with E-state index in [-0.39, 0.29) is 11.8 Å². The van der Waals surface area contributed by atoms with Crippen LogP contribution in [0.1, 0.15) is 11.7 Å². The second-order valence-electron chi connectivity index (χ2n) is 4.97. The molecule has 1 atom stereocenters. The van der Waals surface area contributed by atoms with Gasteiger partial charge < -0.3 is 5.73 Å². The lowest BCUT2D eigenvalue weighted by molar-refractivity contribution is 0.551. The molecule has 110 valence electrons. The van der Waals surface area contributed by atoms with Crippen molar-refractivity contribution in [3.8, 4) is 0 Å². The second kappa shape index (κ2) is 4.81. The number of halogens is 2. The number of nitrogens with zero attached hydrogens (tertiary/aromatic N) is 3.